The van der Waals surface area contributed by atoms with Crippen molar-refractivity contribution in [1.82, 2.24) is 9.80 Å². The zero-order chi connectivity index (χ0) is 19.0. The summed E-state index contributed by atoms with van der Waals surface area (Å²) in [5, 5.41) is 0. The third-order valence-corrected chi connectivity index (χ3v) is 5.73. The maximum Gasteiger partial charge on any atom is 0.257 e. The molecule has 2 fully saturated rings. The Labute approximate surface area is 160 Å². The minimum absolute atomic E-state index is 0.0545. The molecule has 1 atom stereocenters. The standard InChI is InChI=1S/C21H28N2O4/c1-15-9-19(16(2)27-15)20(24)23-13-21(14-23)7-6-17(12-26-21)10-22(3)11-18-5-4-8-25-18/h4-5,8-9,17H,6-7,10-14H2,1-3H3. The third-order valence-electron chi connectivity index (χ3n) is 5.73. The number of likely N-dealkylation sites (tertiary alicyclic amines) is 1. The molecule has 2 saturated heterocycles. The van der Waals surface area contributed by atoms with E-state index in [1.165, 1.54) is 0 Å². The van der Waals surface area contributed by atoms with Gasteiger partial charge in [-0.3, -0.25) is 9.69 Å². The predicted molar refractivity (Wildman–Crippen MR) is 101 cm³/mol. The van der Waals surface area contributed by atoms with Gasteiger partial charge in [-0.2, -0.15) is 0 Å². The number of carbonyl (C=O) groups excluding carboxylic acids is 1. The van der Waals surface area contributed by atoms with Crippen molar-refractivity contribution in [2.75, 3.05) is 33.3 Å². The molecule has 4 rings (SSSR count). The van der Waals surface area contributed by atoms with Crippen molar-refractivity contribution in [3.05, 3.63) is 47.3 Å². The SMILES string of the molecule is Cc1cc(C(=O)N2CC3(CCC(CN(C)Cc4ccco4)CO3)C2)c(C)o1. The van der Waals surface area contributed by atoms with Gasteiger partial charge in [0, 0.05) is 6.54 Å². The number of hydrogen-bond acceptors (Lipinski definition) is 5. The van der Waals surface area contributed by atoms with Crippen LogP contribution >= 0.6 is 0 Å². The molecular weight excluding hydrogens is 344 g/mol. The summed E-state index contributed by atoms with van der Waals surface area (Å²) in [6.45, 7) is 7.65. The molecule has 146 valence electrons. The van der Waals surface area contributed by atoms with Crippen LogP contribution in [0.15, 0.2) is 33.3 Å². The van der Waals surface area contributed by atoms with Crippen molar-refractivity contribution >= 4 is 5.91 Å². The van der Waals surface area contributed by atoms with Gasteiger partial charge < -0.3 is 18.5 Å². The maximum atomic E-state index is 12.6. The van der Waals surface area contributed by atoms with Gasteiger partial charge in [0.1, 0.15) is 22.9 Å². The largest absolute Gasteiger partial charge is 0.468 e. The molecule has 27 heavy (non-hydrogen) atoms. The number of furan rings is 2. The van der Waals surface area contributed by atoms with E-state index in [-0.39, 0.29) is 11.5 Å². The molecule has 6 nitrogen and oxygen atoms in total. The van der Waals surface area contributed by atoms with E-state index in [1.807, 2.05) is 36.9 Å². The highest BCUT2D eigenvalue weighted by molar-refractivity contribution is 5.96. The molecule has 2 aliphatic rings. The van der Waals surface area contributed by atoms with Crippen LogP contribution in [0.2, 0.25) is 0 Å². The van der Waals surface area contributed by atoms with Gasteiger partial charge in [0.05, 0.1) is 38.1 Å². The molecular formula is C21H28N2O4. The Balaban J connectivity index is 1.24. The van der Waals surface area contributed by atoms with Gasteiger partial charge >= 0.3 is 0 Å². The van der Waals surface area contributed by atoms with Crippen LogP contribution in [-0.4, -0.2) is 54.6 Å². The Bertz CT molecular complexity index is 779. The second-order valence-corrected chi connectivity index (χ2v) is 8.16. The van der Waals surface area contributed by atoms with Gasteiger partial charge in [-0.25, -0.2) is 0 Å². The lowest BCUT2D eigenvalue weighted by molar-refractivity contribution is -0.168. The fourth-order valence-corrected chi connectivity index (χ4v) is 4.29. The first-order valence-electron chi connectivity index (χ1n) is 9.65. The fraction of sp³-hybridized carbons (Fsp3) is 0.571. The van der Waals surface area contributed by atoms with Crippen LogP contribution in [0.5, 0.6) is 0 Å². The zero-order valence-electron chi connectivity index (χ0n) is 16.4. The molecule has 0 bridgehead atoms. The molecule has 0 aromatic carbocycles. The van der Waals surface area contributed by atoms with Crippen molar-refractivity contribution < 1.29 is 18.4 Å². The molecule has 1 amide bonds. The van der Waals surface area contributed by atoms with Gasteiger partial charge in [0.15, 0.2) is 0 Å². The normalized spacial score (nSPS) is 21.6. The van der Waals surface area contributed by atoms with Gasteiger partial charge in [-0.1, -0.05) is 0 Å². The number of nitrogens with zero attached hydrogens (tertiary/aromatic N) is 2. The molecule has 2 aromatic rings. The van der Waals surface area contributed by atoms with Gasteiger partial charge in [-0.05, 0) is 57.9 Å². The lowest BCUT2D eigenvalue weighted by Gasteiger charge is -2.52. The van der Waals surface area contributed by atoms with E-state index >= 15 is 0 Å². The Morgan fingerprint density at radius 3 is 2.78 bits per heavy atom. The van der Waals surface area contributed by atoms with Crippen molar-refractivity contribution in [2.45, 2.75) is 38.8 Å². The highest BCUT2D eigenvalue weighted by Crippen LogP contribution is 2.37. The summed E-state index contributed by atoms with van der Waals surface area (Å²) >= 11 is 0. The van der Waals surface area contributed by atoms with Gasteiger partial charge in [0.2, 0.25) is 0 Å². The zero-order valence-corrected chi connectivity index (χ0v) is 16.4. The van der Waals surface area contributed by atoms with Crippen molar-refractivity contribution in [2.24, 2.45) is 5.92 Å². The second kappa shape index (κ2) is 7.17. The van der Waals surface area contributed by atoms with Crippen LogP contribution in [0.4, 0.5) is 0 Å². The monoisotopic (exact) mass is 372 g/mol. The van der Waals surface area contributed by atoms with Crippen LogP contribution in [0.3, 0.4) is 0 Å². The summed E-state index contributed by atoms with van der Waals surface area (Å²) in [5.41, 5.74) is 0.536. The smallest absolute Gasteiger partial charge is 0.257 e. The van der Waals surface area contributed by atoms with E-state index in [4.69, 9.17) is 13.6 Å². The maximum absolute atomic E-state index is 12.6. The van der Waals surface area contributed by atoms with Crippen LogP contribution in [0, 0.1) is 19.8 Å². The summed E-state index contributed by atoms with van der Waals surface area (Å²) in [7, 11) is 2.12. The first kappa shape index (κ1) is 18.3. The molecule has 1 spiro atoms. The minimum Gasteiger partial charge on any atom is -0.468 e. The van der Waals surface area contributed by atoms with Crippen LogP contribution in [0.25, 0.3) is 0 Å². The summed E-state index contributed by atoms with van der Waals surface area (Å²) < 4.78 is 17.1. The van der Waals surface area contributed by atoms with Crippen LogP contribution in [-0.2, 0) is 11.3 Å². The summed E-state index contributed by atoms with van der Waals surface area (Å²) in [6.07, 6.45) is 3.86. The average molecular weight is 372 g/mol. The Kier molecular flexibility index (Phi) is 4.86. The highest BCUT2D eigenvalue weighted by Gasteiger charge is 2.48. The van der Waals surface area contributed by atoms with Gasteiger partial charge in [-0.15, -0.1) is 0 Å². The molecule has 6 heteroatoms. The topological polar surface area (TPSA) is 59.1 Å². The predicted octanol–water partition coefficient (Wildman–Crippen LogP) is 3.24. The molecule has 0 N–H and O–H groups in total. The quantitative estimate of drug-likeness (QED) is 0.806. The first-order chi connectivity index (χ1) is 12.9. The number of amides is 1. The summed E-state index contributed by atoms with van der Waals surface area (Å²) in [6, 6.07) is 5.76. The van der Waals surface area contributed by atoms with E-state index in [0.29, 0.717) is 30.3 Å². The van der Waals surface area contributed by atoms with Gasteiger partial charge in [0.25, 0.3) is 5.91 Å². The Morgan fingerprint density at radius 1 is 1.37 bits per heavy atom. The second-order valence-electron chi connectivity index (χ2n) is 8.16. The number of hydrogen-bond donors (Lipinski definition) is 0. The number of aryl methyl sites for hydroxylation is 2. The summed E-state index contributed by atoms with van der Waals surface area (Å²) in [4.78, 5) is 16.8. The molecule has 0 radical (unpaired) electrons. The molecule has 0 aliphatic carbocycles. The lowest BCUT2D eigenvalue weighted by atomic mass is 9.82. The molecule has 2 aliphatic heterocycles. The van der Waals surface area contributed by atoms with Crippen molar-refractivity contribution in [1.29, 1.82) is 0 Å². The first-order valence-corrected chi connectivity index (χ1v) is 9.65. The van der Waals surface area contributed by atoms with Crippen LogP contribution in [0.1, 0.15) is 40.5 Å². The average Bonchev–Trinajstić information content (AvgIpc) is 3.22. The summed E-state index contributed by atoms with van der Waals surface area (Å²) in [5.74, 6) is 3.05. The molecule has 4 heterocycles. The molecule has 0 saturated carbocycles. The van der Waals surface area contributed by atoms with Crippen molar-refractivity contribution in [3.63, 3.8) is 0 Å². The highest BCUT2D eigenvalue weighted by atomic mass is 16.5. The number of rotatable bonds is 5. The van der Waals surface area contributed by atoms with E-state index in [2.05, 4.69) is 11.9 Å². The van der Waals surface area contributed by atoms with E-state index in [1.54, 1.807) is 6.26 Å². The molecule has 2 aromatic heterocycles. The van der Waals surface area contributed by atoms with Crippen molar-refractivity contribution in [3.8, 4) is 0 Å². The number of ether oxygens (including phenoxy) is 1. The fourth-order valence-electron chi connectivity index (χ4n) is 4.29. The minimum atomic E-state index is -0.140. The lowest BCUT2D eigenvalue weighted by Crippen LogP contribution is -2.66. The van der Waals surface area contributed by atoms with E-state index < -0.39 is 0 Å². The Hall–Kier alpha value is -2.05. The van der Waals surface area contributed by atoms with E-state index in [9.17, 15) is 4.79 Å². The third kappa shape index (κ3) is 3.82. The number of carbonyl (C=O) groups is 1. The van der Waals surface area contributed by atoms with Crippen LogP contribution < -0.4 is 0 Å². The molecule has 1 unspecified atom stereocenters. The Morgan fingerprint density at radius 2 is 2.19 bits per heavy atom. The van der Waals surface area contributed by atoms with E-state index in [0.717, 1.165) is 44.1 Å².